The summed E-state index contributed by atoms with van der Waals surface area (Å²) < 4.78 is 10.6. The molecule has 2 heterocycles. The highest BCUT2D eigenvalue weighted by Gasteiger charge is 2.19. The Labute approximate surface area is 175 Å². The maximum absolute atomic E-state index is 11.9. The third kappa shape index (κ3) is 4.72. The Kier molecular flexibility index (Phi) is 6.45. The molecule has 10 heteroatoms. The predicted molar refractivity (Wildman–Crippen MR) is 113 cm³/mol. The first-order valence-electron chi connectivity index (χ1n) is 8.87. The molecule has 0 atom stereocenters. The zero-order valence-electron chi connectivity index (χ0n) is 16.1. The molecule has 1 aromatic carbocycles. The number of primary amides is 1. The molecule has 0 aliphatic carbocycles. The van der Waals surface area contributed by atoms with Crippen LogP contribution in [0.25, 0.3) is 10.6 Å². The third-order valence-electron chi connectivity index (χ3n) is 3.79. The second-order valence-corrected chi connectivity index (χ2v) is 7.68. The number of ether oxygens (including phenoxy) is 2. The summed E-state index contributed by atoms with van der Waals surface area (Å²) in [4.78, 5) is 33.1. The molecule has 0 saturated heterocycles. The summed E-state index contributed by atoms with van der Waals surface area (Å²) in [7, 11) is 0. The van der Waals surface area contributed by atoms with Crippen LogP contribution in [0.2, 0.25) is 0 Å². The molecule has 0 radical (unpaired) electrons. The molecule has 1 amide bonds. The first-order valence-corrected chi connectivity index (χ1v) is 10.6. The second-order valence-electron chi connectivity index (χ2n) is 5.83. The number of hydrogen-bond acceptors (Lipinski definition) is 9. The van der Waals surface area contributed by atoms with Crippen LogP contribution in [0, 0.1) is 6.92 Å². The van der Waals surface area contributed by atoms with Gasteiger partial charge >= 0.3 is 5.97 Å². The van der Waals surface area contributed by atoms with Gasteiger partial charge in [-0.1, -0.05) is 0 Å². The number of hydrogen-bond donors (Lipinski definition) is 2. The van der Waals surface area contributed by atoms with E-state index in [-0.39, 0.29) is 0 Å². The van der Waals surface area contributed by atoms with Crippen molar-refractivity contribution >= 4 is 45.4 Å². The van der Waals surface area contributed by atoms with E-state index >= 15 is 0 Å². The molecular formula is C19H20N4O4S2. The fourth-order valence-electron chi connectivity index (χ4n) is 2.53. The summed E-state index contributed by atoms with van der Waals surface area (Å²) >= 11 is 2.63. The summed E-state index contributed by atoms with van der Waals surface area (Å²) in [6.07, 6.45) is 0. The SMILES string of the molecule is CCOC(=O)c1nc(C)c(-c2csc(Nc3cc(C(N)=O)ccc3OCC)n2)s1. The molecule has 29 heavy (non-hydrogen) atoms. The first-order chi connectivity index (χ1) is 13.9. The van der Waals surface area contributed by atoms with Gasteiger partial charge in [-0.25, -0.2) is 14.8 Å². The summed E-state index contributed by atoms with van der Waals surface area (Å²) in [6.45, 7) is 6.22. The Balaban J connectivity index is 1.87. The minimum atomic E-state index is -0.525. The van der Waals surface area contributed by atoms with Gasteiger partial charge in [-0.15, -0.1) is 22.7 Å². The van der Waals surface area contributed by atoms with Gasteiger partial charge in [0.05, 0.1) is 35.2 Å². The van der Waals surface area contributed by atoms with E-state index in [1.807, 2.05) is 19.2 Å². The Morgan fingerprint density at radius 3 is 2.69 bits per heavy atom. The van der Waals surface area contributed by atoms with E-state index in [0.717, 1.165) is 4.88 Å². The van der Waals surface area contributed by atoms with E-state index in [9.17, 15) is 9.59 Å². The van der Waals surface area contributed by atoms with Gasteiger partial charge in [-0.05, 0) is 39.0 Å². The van der Waals surface area contributed by atoms with Crippen LogP contribution in [0.1, 0.15) is 39.7 Å². The number of esters is 1. The second kappa shape index (κ2) is 9.01. The number of benzene rings is 1. The monoisotopic (exact) mass is 432 g/mol. The van der Waals surface area contributed by atoms with Gasteiger partial charge in [0.1, 0.15) is 5.75 Å². The number of rotatable bonds is 8. The average Bonchev–Trinajstić information content (AvgIpc) is 3.29. The van der Waals surface area contributed by atoms with Crippen molar-refractivity contribution < 1.29 is 19.1 Å². The molecule has 0 aliphatic rings. The fourth-order valence-corrected chi connectivity index (χ4v) is 4.24. The maximum atomic E-state index is 11.9. The Hall–Kier alpha value is -2.98. The lowest BCUT2D eigenvalue weighted by Crippen LogP contribution is -2.11. The average molecular weight is 433 g/mol. The lowest BCUT2D eigenvalue weighted by molar-refractivity contribution is 0.0525. The molecular weight excluding hydrogens is 412 g/mol. The van der Waals surface area contributed by atoms with Gasteiger partial charge in [-0.2, -0.15) is 0 Å². The molecule has 3 aromatic rings. The maximum Gasteiger partial charge on any atom is 0.367 e. The van der Waals surface area contributed by atoms with Crippen molar-refractivity contribution in [3.05, 3.63) is 39.8 Å². The highest BCUT2D eigenvalue weighted by Crippen LogP contribution is 2.35. The van der Waals surface area contributed by atoms with E-state index < -0.39 is 11.9 Å². The number of amides is 1. The van der Waals surface area contributed by atoms with Crippen LogP contribution in [0.15, 0.2) is 23.6 Å². The van der Waals surface area contributed by atoms with E-state index in [1.54, 1.807) is 25.1 Å². The van der Waals surface area contributed by atoms with Crippen molar-refractivity contribution in [2.75, 3.05) is 18.5 Å². The van der Waals surface area contributed by atoms with Crippen LogP contribution < -0.4 is 15.8 Å². The molecule has 152 valence electrons. The lowest BCUT2D eigenvalue weighted by Gasteiger charge is -2.11. The number of nitrogens with zero attached hydrogens (tertiary/aromatic N) is 2. The van der Waals surface area contributed by atoms with E-state index in [4.69, 9.17) is 15.2 Å². The molecule has 3 rings (SSSR count). The van der Waals surface area contributed by atoms with Gasteiger partial charge < -0.3 is 20.5 Å². The molecule has 0 bridgehead atoms. The molecule has 0 fully saturated rings. The molecule has 2 aromatic heterocycles. The van der Waals surface area contributed by atoms with Gasteiger partial charge in [0.15, 0.2) is 5.13 Å². The quantitative estimate of drug-likeness (QED) is 0.517. The normalized spacial score (nSPS) is 10.6. The largest absolute Gasteiger partial charge is 0.492 e. The van der Waals surface area contributed by atoms with Crippen molar-refractivity contribution in [1.82, 2.24) is 9.97 Å². The van der Waals surface area contributed by atoms with Gasteiger partial charge in [0.25, 0.3) is 0 Å². The molecule has 0 aliphatic heterocycles. The molecule has 0 saturated carbocycles. The number of carbonyl (C=O) groups is 2. The Morgan fingerprint density at radius 2 is 2.00 bits per heavy atom. The molecule has 0 spiro atoms. The van der Waals surface area contributed by atoms with Crippen LogP contribution in [0.5, 0.6) is 5.75 Å². The summed E-state index contributed by atoms with van der Waals surface area (Å²) in [5, 5.41) is 5.96. The zero-order chi connectivity index (χ0) is 21.0. The van der Waals surface area contributed by atoms with Crippen LogP contribution >= 0.6 is 22.7 Å². The highest BCUT2D eigenvalue weighted by atomic mass is 32.1. The third-order valence-corrected chi connectivity index (χ3v) is 5.71. The van der Waals surface area contributed by atoms with Crippen LogP contribution in [0.4, 0.5) is 10.8 Å². The Bertz CT molecular complexity index is 1040. The standard InChI is InChI=1S/C19H20N4O4S2/c1-4-26-14-7-6-11(16(20)24)8-12(14)22-19-23-13(9-28-19)15-10(3)21-17(29-15)18(25)27-5-2/h6-9H,4-5H2,1-3H3,(H2,20,24)(H,22,23). The number of nitrogens with two attached hydrogens (primary N) is 1. The van der Waals surface area contributed by atoms with Crippen LogP contribution in [-0.4, -0.2) is 35.1 Å². The molecule has 8 nitrogen and oxygen atoms in total. The highest BCUT2D eigenvalue weighted by molar-refractivity contribution is 7.18. The van der Waals surface area contributed by atoms with Gasteiger partial charge in [0.2, 0.25) is 10.9 Å². The van der Waals surface area contributed by atoms with E-state index in [0.29, 0.717) is 51.7 Å². The van der Waals surface area contributed by atoms with Crippen LogP contribution in [0.3, 0.4) is 0 Å². The van der Waals surface area contributed by atoms with E-state index in [1.165, 1.54) is 22.7 Å². The number of nitrogens with one attached hydrogen (secondary N) is 1. The van der Waals surface area contributed by atoms with Gasteiger partial charge in [-0.3, -0.25) is 4.79 Å². The van der Waals surface area contributed by atoms with Crippen molar-refractivity contribution in [3.63, 3.8) is 0 Å². The van der Waals surface area contributed by atoms with E-state index in [2.05, 4.69) is 15.3 Å². The minimum Gasteiger partial charge on any atom is -0.492 e. The number of aromatic nitrogens is 2. The number of aryl methyl sites for hydroxylation is 1. The Morgan fingerprint density at radius 1 is 1.21 bits per heavy atom. The van der Waals surface area contributed by atoms with Crippen molar-refractivity contribution in [1.29, 1.82) is 0 Å². The number of carbonyl (C=O) groups excluding carboxylic acids is 2. The summed E-state index contributed by atoms with van der Waals surface area (Å²) in [6, 6.07) is 4.94. The smallest absolute Gasteiger partial charge is 0.367 e. The van der Waals surface area contributed by atoms with Crippen molar-refractivity contribution in [2.45, 2.75) is 20.8 Å². The van der Waals surface area contributed by atoms with Crippen molar-refractivity contribution in [2.24, 2.45) is 5.73 Å². The molecule has 3 N–H and O–H groups in total. The fraction of sp³-hybridized carbons (Fsp3) is 0.263. The lowest BCUT2D eigenvalue weighted by atomic mass is 10.2. The molecule has 0 unspecified atom stereocenters. The first kappa shape index (κ1) is 20.7. The van der Waals surface area contributed by atoms with Crippen LogP contribution in [-0.2, 0) is 4.74 Å². The number of thiazole rings is 2. The number of anilines is 2. The van der Waals surface area contributed by atoms with Crippen molar-refractivity contribution in [3.8, 4) is 16.3 Å². The summed E-state index contributed by atoms with van der Waals surface area (Å²) in [5.41, 5.74) is 7.75. The predicted octanol–water partition coefficient (Wildman–Crippen LogP) is 3.99. The topological polar surface area (TPSA) is 116 Å². The van der Waals surface area contributed by atoms with Gasteiger partial charge in [0, 0.05) is 10.9 Å². The zero-order valence-corrected chi connectivity index (χ0v) is 17.8. The summed E-state index contributed by atoms with van der Waals surface area (Å²) in [5.74, 6) is -0.374. The minimum absolute atomic E-state index is 0.296.